The Morgan fingerprint density at radius 3 is 2.22 bits per heavy atom. The fourth-order valence-electron chi connectivity index (χ4n) is 1.21. The molecule has 0 aliphatic carbocycles. The maximum Gasteiger partial charge on any atom is 0.357 e. The minimum Gasteiger partial charge on any atom is -0.427 e. The lowest BCUT2D eigenvalue weighted by Crippen LogP contribution is -2.03. The van der Waals surface area contributed by atoms with Gasteiger partial charge < -0.3 is 13.8 Å². The average Bonchev–Trinajstić information content (AvgIpc) is 2.39. The highest BCUT2D eigenvalue weighted by molar-refractivity contribution is 7.57. The quantitative estimate of drug-likeness (QED) is 0.467. The summed E-state index contributed by atoms with van der Waals surface area (Å²) in [6.07, 6.45) is 0. The first-order valence-corrected chi connectivity index (χ1v) is 6.80. The first kappa shape index (κ1) is 14.6. The average molecular weight is 270 g/mol. The van der Waals surface area contributed by atoms with E-state index < -0.39 is 13.6 Å². The standard InChI is InChI=1S/C12H15O5P/c1-10(9-18(14,15-2)16-3)17-12(13)11-7-5-4-6-8-11/h4-9H,1-3H3. The van der Waals surface area contributed by atoms with Gasteiger partial charge in [0.2, 0.25) is 0 Å². The van der Waals surface area contributed by atoms with Gasteiger partial charge in [0.05, 0.1) is 11.4 Å². The van der Waals surface area contributed by atoms with E-state index in [-0.39, 0.29) is 5.76 Å². The molecule has 6 heteroatoms. The Hall–Kier alpha value is -1.42. The van der Waals surface area contributed by atoms with Crippen LogP contribution < -0.4 is 0 Å². The number of rotatable bonds is 5. The van der Waals surface area contributed by atoms with E-state index in [1.165, 1.54) is 21.1 Å². The van der Waals surface area contributed by atoms with E-state index in [1.807, 2.05) is 0 Å². The van der Waals surface area contributed by atoms with Crippen LogP contribution >= 0.6 is 7.60 Å². The Morgan fingerprint density at radius 2 is 1.72 bits per heavy atom. The maximum atomic E-state index is 11.8. The fraction of sp³-hybridized carbons (Fsp3) is 0.250. The Labute approximate surface area is 106 Å². The first-order chi connectivity index (χ1) is 8.50. The van der Waals surface area contributed by atoms with Crippen LogP contribution in [0.5, 0.6) is 0 Å². The molecule has 0 amide bonds. The minimum atomic E-state index is -3.32. The van der Waals surface area contributed by atoms with Crippen LogP contribution in [-0.2, 0) is 18.3 Å². The van der Waals surface area contributed by atoms with Gasteiger partial charge in [0.25, 0.3) is 0 Å². The molecule has 0 radical (unpaired) electrons. The van der Waals surface area contributed by atoms with Crippen LogP contribution in [0.25, 0.3) is 0 Å². The van der Waals surface area contributed by atoms with Crippen molar-refractivity contribution in [2.75, 3.05) is 14.2 Å². The molecule has 0 aliphatic rings. The molecular formula is C12H15O5P. The topological polar surface area (TPSA) is 61.8 Å². The molecule has 0 bridgehead atoms. The van der Waals surface area contributed by atoms with Gasteiger partial charge in [-0.2, -0.15) is 0 Å². The van der Waals surface area contributed by atoms with Crippen LogP contribution in [0.2, 0.25) is 0 Å². The fourth-order valence-corrected chi connectivity index (χ4v) is 2.07. The summed E-state index contributed by atoms with van der Waals surface area (Å²) in [5.74, 6) is 0.799. The van der Waals surface area contributed by atoms with E-state index in [4.69, 9.17) is 13.8 Å². The van der Waals surface area contributed by atoms with Crippen molar-refractivity contribution in [1.29, 1.82) is 0 Å². The van der Waals surface area contributed by atoms with Crippen LogP contribution in [0.1, 0.15) is 17.3 Å². The minimum absolute atomic E-state index is 0.163. The normalized spacial score (nSPS) is 12.3. The van der Waals surface area contributed by atoms with Crippen molar-refractivity contribution in [3.8, 4) is 0 Å². The van der Waals surface area contributed by atoms with E-state index in [9.17, 15) is 9.36 Å². The van der Waals surface area contributed by atoms with Gasteiger partial charge in [0, 0.05) is 14.2 Å². The van der Waals surface area contributed by atoms with Crippen molar-refractivity contribution in [1.82, 2.24) is 0 Å². The van der Waals surface area contributed by atoms with Crippen molar-refractivity contribution < 1.29 is 23.1 Å². The van der Waals surface area contributed by atoms with Gasteiger partial charge in [-0.3, -0.25) is 4.57 Å². The number of hydrogen-bond donors (Lipinski definition) is 0. The zero-order valence-corrected chi connectivity index (χ0v) is 11.3. The van der Waals surface area contributed by atoms with Crippen molar-refractivity contribution in [2.24, 2.45) is 0 Å². The van der Waals surface area contributed by atoms with E-state index in [2.05, 4.69) is 0 Å². The molecule has 18 heavy (non-hydrogen) atoms. The molecule has 0 unspecified atom stereocenters. The number of esters is 1. The third-order valence-corrected chi connectivity index (χ3v) is 3.81. The zero-order chi connectivity index (χ0) is 13.6. The van der Waals surface area contributed by atoms with E-state index in [0.717, 1.165) is 5.82 Å². The molecular weight excluding hydrogens is 255 g/mol. The highest BCUT2D eigenvalue weighted by Crippen LogP contribution is 2.48. The Kier molecular flexibility index (Phi) is 5.28. The summed E-state index contributed by atoms with van der Waals surface area (Å²) in [4.78, 5) is 11.7. The molecule has 0 N–H and O–H groups in total. The SMILES string of the molecule is COP(=O)(C=C(C)OC(=O)c1ccccc1)OC. The van der Waals surface area contributed by atoms with Gasteiger partial charge >= 0.3 is 13.6 Å². The molecule has 0 saturated heterocycles. The molecule has 98 valence electrons. The van der Waals surface area contributed by atoms with Gasteiger partial charge in [-0.05, 0) is 19.1 Å². The summed E-state index contributed by atoms with van der Waals surface area (Å²) in [6.45, 7) is 1.51. The monoisotopic (exact) mass is 270 g/mol. The smallest absolute Gasteiger partial charge is 0.357 e. The number of hydrogen-bond acceptors (Lipinski definition) is 5. The summed E-state index contributed by atoms with van der Waals surface area (Å²) in [7, 11) is -0.810. The summed E-state index contributed by atoms with van der Waals surface area (Å²) < 4.78 is 26.2. The lowest BCUT2D eigenvalue weighted by molar-refractivity contribution is 0.0626. The third kappa shape index (κ3) is 4.11. The molecule has 0 aromatic heterocycles. The highest BCUT2D eigenvalue weighted by Gasteiger charge is 2.19. The molecule has 0 aliphatic heterocycles. The second-order valence-corrected chi connectivity index (χ2v) is 5.47. The van der Waals surface area contributed by atoms with Gasteiger partial charge in [0.1, 0.15) is 5.76 Å². The summed E-state index contributed by atoms with van der Waals surface area (Å²) >= 11 is 0. The van der Waals surface area contributed by atoms with Gasteiger partial charge in [-0.15, -0.1) is 0 Å². The Bertz CT molecular complexity index is 473. The molecule has 0 atom stereocenters. The zero-order valence-electron chi connectivity index (χ0n) is 10.5. The molecule has 0 heterocycles. The van der Waals surface area contributed by atoms with Crippen molar-refractivity contribution in [2.45, 2.75) is 6.92 Å². The Balaban J connectivity index is 2.77. The largest absolute Gasteiger partial charge is 0.427 e. The number of carbonyl (C=O) groups excluding carboxylic acids is 1. The maximum absolute atomic E-state index is 11.8. The summed E-state index contributed by atoms with van der Waals surface area (Å²) in [6, 6.07) is 8.50. The van der Waals surface area contributed by atoms with E-state index >= 15 is 0 Å². The van der Waals surface area contributed by atoms with E-state index in [1.54, 1.807) is 30.3 Å². The van der Waals surface area contributed by atoms with Crippen molar-refractivity contribution in [3.05, 3.63) is 47.5 Å². The summed E-state index contributed by atoms with van der Waals surface area (Å²) in [5.41, 5.74) is 0.412. The van der Waals surface area contributed by atoms with Gasteiger partial charge in [-0.25, -0.2) is 4.79 Å². The van der Waals surface area contributed by atoms with E-state index in [0.29, 0.717) is 5.56 Å². The molecule has 1 aromatic rings. The van der Waals surface area contributed by atoms with Crippen LogP contribution in [-0.4, -0.2) is 20.2 Å². The molecule has 0 fully saturated rings. The van der Waals surface area contributed by atoms with Crippen LogP contribution in [0.3, 0.4) is 0 Å². The molecule has 5 nitrogen and oxygen atoms in total. The second kappa shape index (κ2) is 6.50. The van der Waals surface area contributed by atoms with Crippen LogP contribution in [0.4, 0.5) is 0 Å². The lowest BCUT2D eigenvalue weighted by Gasteiger charge is -2.10. The van der Waals surface area contributed by atoms with Crippen molar-refractivity contribution in [3.63, 3.8) is 0 Å². The number of benzene rings is 1. The molecule has 1 rings (SSSR count). The van der Waals surface area contributed by atoms with Crippen molar-refractivity contribution >= 4 is 13.6 Å². The third-order valence-electron chi connectivity index (χ3n) is 2.11. The van der Waals surface area contributed by atoms with Gasteiger partial charge in [0.15, 0.2) is 0 Å². The number of carbonyl (C=O) groups is 1. The number of allylic oxidation sites excluding steroid dienone is 1. The molecule has 0 saturated carbocycles. The number of ether oxygens (including phenoxy) is 1. The Morgan fingerprint density at radius 1 is 1.17 bits per heavy atom. The predicted octanol–water partition coefficient (Wildman–Crippen LogP) is 3.19. The first-order valence-electron chi connectivity index (χ1n) is 5.18. The summed E-state index contributed by atoms with van der Waals surface area (Å²) in [5, 5.41) is 0. The second-order valence-electron chi connectivity index (χ2n) is 3.40. The van der Waals surface area contributed by atoms with Crippen LogP contribution in [0.15, 0.2) is 41.9 Å². The molecule has 1 aromatic carbocycles. The lowest BCUT2D eigenvalue weighted by atomic mass is 10.2. The molecule has 0 spiro atoms. The van der Waals surface area contributed by atoms with Crippen LogP contribution in [0, 0.1) is 0 Å². The predicted molar refractivity (Wildman–Crippen MR) is 67.2 cm³/mol. The highest BCUT2D eigenvalue weighted by atomic mass is 31.2. The van der Waals surface area contributed by atoms with Gasteiger partial charge in [-0.1, -0.05) is 18.2 Å².